The van der Waals surface area contributed by atoms with E-state index in [1.807, 2.05) is 0 Å². The summed E-state index contributed by atoms with van der Waals surface area (Å²) in [5.41, 5.74) is -1.43. The fourth-order valence-electron chi connectivity index (χ4n) is 5.91. The predicted molar refractivity (Wildman–Crippen MR) is 156 cm³/mol. The number of likely N-dealkylation sites (tertiary alicyclic amines) is 1. The van der Waals surface area contributed by atoms with Crippen molar-refractivity contribution in [2.24, 2.45) is 0 Å². The standard InChI is InChI=1S/C30H34N4O7S/c1-4-13-33-24-12-6-5-11-23(24)30(29(33)38)25(26(35)21-9-7-10-22(20-21)42(39,40)31(2)3)27(36)28(37)34(30)15-8-14-32-16-18-41-19-17-32/h4-7,9-12,20,35H,1,8,13-19H2,2-3H3/t30-/m1/s1. The average molecular weight is 595 g/mol. The highest BCUT2D eigenvalue weighted by Crippen LogP contribution is 2.53. The topological polar surface area (TPSA) is 128 Å². The summed E-state index contributed by atoms with van der Waals surface area (Å²) in [7, 11) is -1.12. The van der Waals surface area contributed by atoms with Gasteiger partial charge in [0.15, 0.2) is 5.54 Å². The van der Waals surface area contributed by atoms with Crippen molar-refractivity contribution in [2.75, 3.05) is 64.9 Å². The Balaban J connectivity index is 1.68. The Morgan fingerprint density at radius 2 is 1.79 bits per heavy atom. The number of carbonyl (C=O) groups excluding carboxylic acids is 3. The molecule has 1 spiro atoms. The normalized spacial score (nSPS) is 22.4. The van der Waals surface area contributed by atoms with Gasteiger partial charge in [-0.2, -0.15) is 0 Å². The maximum atomic E-state index is 14.5. The van der Waals surface area contributed by atoms with E-state index in [1.165, 1.54) is 48.2 Å². The average Bonchev–Trinajstić information content (AvgIpc) is 3.36. The van der Waals surface area contributed by atoms with Gasteiger partial charge >= 0.3 is 0 Å². The van der Waals surface area contributed by atoms with Gasteiger partial charge in [0, 0.05) is 57.9 Å². The lowest BCUT2D eigenvalue weighted by Gasteiger charge is -2.35. The third-order valence-corrected chi connectivity index (χ3v) is 9.78. The molecule has 0 saturated carbocycles. The summed E-state index contributed by atoms with van der Waals surface area (Å²) in [6.45, 7) is 7.28. The van der Waals surface area contributed by atoms with Gasteiger partial charge in [0.05, 0.1) is 29.4 Å². The minimum atomic E-state index is -3.88. The number of amides is 2. The molecule has 12 heteroatoms. The number of fused-ring (bicyclic) bond motifs is 2. The number of aliphatic hydroxyl groups excluding tert-OH is 1. The zero-order valence-corrected chi connectivity index (χ0v) is 24.5. The molecule has 0 aliphatic carbocycles. The molecule has 0 bridgehead atoms. The Labute approximate surface area is 245 Å². The van der Waals surface area contributed by atoms with Crippen molar-refractivity contribution in [3.63, 3.8) is 0 Å². The monoisotopic (exact) mass is 594 g/mol. The van der Waals surface area contributed by atoms with Crippen LogP contribution in [0.3, 0.4) is 0 Å². The van der Waals surface area contributed by atoms with Crippen molar-refractivity contribution in [1.82, 2.24) is 14.1 Å². The number of benzene rings is 2. The summed E-state index contributed by atoms with van der Waals surface area (Å²) in [6, 6.07) is 12.3. The van der Waals surface area contributed by atoms with E-state index >= 15 is 0 Å². The SMILES string of the molecule is C=CCN1C(=O)[C@]2(C(=C(O)c3cccc(S(=O)(=O)N(C)C)c3)C(=O)C(=O)N2CCCN2CCOCC2)c2ccccc21. The second-order valence-corrected chi connectivity index (χ2v) is 12.7. The van der Waals surface area contributed by atoms with E-state index in [0.29, 0.717) is 37.4 Å². The van der Waals surface area contributed by atoms with Crippen LogP contribution in [-0.4, -0.2) is 105 Å². The Bertz CT molecular complexity index is 1580. The molecule has 42 heavy (non-hydrogen) atoms. The fraction of sp³-hybridized carbons (Fsp3) is 0.367. The molecule has 0 unspecified atom stereocenters. The van der Waals surface area contributed by atoms with Crippen molar-refractivity contribution in [1.29, 1.82) is 0 Å². The first-order valence-corrected chi connectivity index (χ1v) is 15.2. The number of para-hydroxylation sites is 1. The largest absolute Gasteiger partial charge is 0.507 e. The second-order valence-electron chi connectivity index (χ2n) is 10.6. The van der Waals surface area contributed by atoms with Crippen molar-refractivity contribution in [2.45, 2.75) is 16.9 Å². The Kier molecular flexibility index (Phi) is 8.08. The molecule has 2 aromatic carbocycles. The summed E-state index contributed by atoms with van der Waals surface area (Å²) in [6.07, 6.45) is 2.02. The number of ketones is 1. The maximum Gasteiger partial charge on any atom is 0.296 e. The smallest absolute Gasteiger partial charge is 0.296 e. The lowest BCUT2D eigenvalue weighted by atomic mass is 9.82. The van der Waals surface area contributed by atoms with Crippen LogP contribution in [0.25, 0.3) is 5.76 Å². The molecule has 2 amide bonds. The molecule has 0 radical (unpaired) electrons. The molecule has 2 saturated heterocycles. The lowest BCUT2D eigenvalue weighted by molar-refractivity contribution is -0.143. The Morgan fingerprint density at radius 3 is 2.48 bits per heavy atom. The number of carbonyl (C=O) groups is 3. The molecule has 1 N–H and O–H groups in total. The number of Topliss-reactive ketones (excluding diaryl/α,β-unsaturated/α-hetero) is 1. The van der Waals surface area contributed by atoms with E-state index in [1.54, 1.807) is 30.3 Å². The lowest BCUT2D eigenvalue weighted by Crippen LogP contribution is -2.52. The number of rotatable bonds is 9. The van der Waals surface area contributed by atoms with Crippen molar-refractivity contribution < 1.29 is 32.6 Å². The molecule has 1 atom stereocenters. The van der Waals surface area contributed by atoms with Gasteiger partial charge in [-0.15, -0.1) is 6.58 Å². The third kappa shape index (κ3) is 4.64. The number of anilines is 1. The number of hydrogen-bond donors (Lipinski definition) is 1. The van der Waals surface area contributed by atoms with E-state index in [9.17, 15) is 27.9 Å². The van der Waals surface area contributed by atoms with E-state index < -0.39 is 38.9 Å². The van der Waals surface area contributed by atoms with Crippen LogP contribution >= 0.6 is 0 Å². The van der Waals surface area contributed by atoms with Crippen molar-refractivity contribution in [3.8, 4) is 0 Å². The third-order valence-electron chi connectivity index (χ3n) is 7.97. The Morgan fingerprint density at radius 1 is 1.07 bits per heavy atom. The maximum absolute atomic E-state index is 14.5. The fourth-order valence-corrected chi connectivity index (χ4v) is 6.86. The Hall–Kier alpha value is -3.84. The van der Waals surface area contributed by atoms with Gasteiger partial charge in [0.25, 0.3) is 17.6 Å². The van der Waals surface area contributed by atoms with Crippen molar-refractivity contribution >= 4 is 39.1 Å². The molecule has 222 valence electrons. The zero-order valence-electron chi connectivity index (χ0n) is 23.7. The van der Waals surface area contributed by atoms with Gasteiger partial charge in [-0.05, 0) is 24.6 Å². The van der Waals surface area contributed by atoms with Gasteiger partial charge in [-0.1, -0.05) is 36.4 Å². The van der Waals surface area contributed by atoms with Crippen LogP contribution in [0.2, 0.25) is 0 Å². The minimum Gasteiger partial charge on any atom is -0.507 e. The van der Waals surface area contributed by atoms with Gasteiger partial charge in [0.2, 0.25) is 10.0 Å². The summed E-state index contributed by atoms with van der Waals surface area (Å²) in [4.78, 5) is 46.8. The highest BCUT2D eigenvalue weighted by Gasteiger charge is 2.66. The van der Waals surface area contributed by atoms with Crippen LogP contribution < -0.4 is 4.90 Å². The molecule has 0 aromatic heterocycles. The zero-order chi connectivity index (χ0) is 30.2. The quantitative estimate of drug-likeness (QED) is 0.201. The summed E-state index contributed by atoms with van der Waals surface area (Å²) >= 11 is 0. The molecule has 3 aliphatic heterocycles. The van der Waals surface area contributed by atoms with Crippen LogP contribution in [0, 0.1) is 0 Å². The number of ether oxygens (including phenoxy) is 1. The molecular weight excluding hydrogens is 560 g/mol. The summed E-state index contributed by atoms with van der Waals surface area (Å²) in [5, 5.41) is 11.7. The number of morpholine rings is 1. The first-order valence-electron chi connectivity index (χ1n) is 13.7. The molecule has 5 rings (SSSR count). The molecule has 3 aliphatic rings. The number of nitrogens with zero attached hydrogens (tertiary/aromatic N) is 4. The molecule has 2 fully saturated rings. The molecule has 3 heterocycles. The van der Waals surface area contributed by atoms with Crippen LogP contribution in [0.4, 0.5) is 5.69 Å². The second kappa shape index (κ2) is 11.4. The minimum absolute atomic E-state index is 0.00364. The van der Waals surface area contributed by atoms with Crippen molar-refractivity contribution in [3.05, 3.63) is 77.9 Å². The van der Waals surface area contributed by atoms with Gasteiger partial charge in [0.1, 0.15) is 5.76 Å². The van der Waals surface area contributed by atoms with Crippen LogP contribution in [0.5, 0.6) is 0 Å². The highest BCUT2D eigenvalue weighted by atomic mass is 32.2. The van der Waals surface area contributed by atoms with E-state index in [2.05, 4.69) is 11.5 Å². The number of aliphatic hydroxyl groups is 1. The molecule has 11 nitrogen and oxygen atoms in total. The summed E-state index contributed by atoms with van der Waals surface area (Å²) < 4.78 is 32.1. The van der Waals surface area contributed by atoms with Crippen LogP contribution in [0.15, 0.2) is 71.7 Å². The van der Waals surface area contributed by atoms with Crippen LogP contribution in [-0.2, 0) is 34.7 Å². The highest BCUT2D eigenvalue weighted by molar-refractivity contribution is 7.89. The molecular formula is C30H34N4O7S. The van der Waals surface area contributed by atoms with E-state index in [-0.39, 0.29) is 29.1 Å². The van der Waals surface area contributed by atoms with Gasteiger partial charge < -0.3 is 19.6 Å². The molecule has 2 aromatic rings. The summed E-state index contributed by atoms with van der Waals surface area (Å²) in [5.74, 6) is -3.10. The first-order chi connectivity index (χ1) is 20.1. The van der Waals surface area contributed by atoms with E-state index in [4.69, 9.17) is 4.74 Å². The van der Waals surface area contributed by atoms with Crippen LogP contribution in [0.1, 0.15) is 17.5 Å². The van der Waals surface area contributed by atoms with E-state index in [0.717, 1.165) is 17.4 Å². The first kappa shape index (κ1) is 29.6. The van der Waals surface area contributed by atoms with Gasteiger partial charge in [-0.3, -0.25) is 19.3 Å². The van der Waals surface area contributed by atoms with Gasteiger partial charge in [-0.25, -0.2) is 12.7 Å². The number of sulfonamides is 1. The number of hydrogen-bond acceptors (Lipinski definition) is 8. The predicted octanol–water partition coefficient (Wildman–Crippen LogP) is 1.77.